The van der Waals surface area contributed by atoms with E-state index in [1.54, 1.807) is 10.7 Å². The van der Waals surface area contributed by atoms with E-state index in [0.717, 1.165) is 32.1 Å². The second-order valence-corrected chi connectivity index (χ2v) is 8.60. The summed E-state index contributed by atoms with van der Waals surface area (Å²) in [5, 5.41) is 17.0. The number of halogens is 9. The lowest BCUT2D eigenvalue weighted by Crippen LogP contribution is -2.60. The first-order valence-corrected chi connectivity index (χ1v) is 11.4. The van der Waals surface area contributed by atoms with Crippen LogP contribution >= 0.6 is 0 Å². The van der Waals surface area contributed by atoms with Crippen molar-refractivity contribution in [3.8, 4) is 0 Å². The Morgan fingerprint density at radius 2 is 1.31 bits per heavy atom. The number of unbranched alkanes of at least 4 members (excludes halogenated alkanes) is 8. The fraction of sp³-hybridized carbons (Fsp3) is 0.682. The van der Waals surface area contributed by atoms with Crippen LogP contribution in [0.1, 0.15) is 74.6 Å². The van der Waals surface area contributed by atoms with E-state index in [0.29, 0.717) is 30.4 Å². The Morgan fingerprint density at radius 3 is 1.83 bits per heavy atom. The number of carboxylic acids is 1. The number of fused-ring (bicyclic) bond motifs is 1. The van der Waals surface area contributed by atoms with Crippen LogP contribution in [0.5, 0.6) is 0 Å². The number of benzene rings is 1. The molecule has 0 amide bonds. The van der Waals surface area contributed by atoms with Gasteiger partial charge in [-0.3, -0.25) is 0 Å². The molecule has 0 aliphatic carbocycles. The van der Waals surface area contributed by atoms with Crippen LogP contribution in [0.4, 0.5) is 39.5 Å². The Labute approximate surface area is 200 Å². The van der Waals surface area contributed by atoms with Gasteiger partial charge in [-0.2, -0.15) is 39.5 Å². The van der Waals surface area contributed by atoms with E-state index in [1.807, 2.05) is 0 Å². The summed E-state index contributed by atoms with van der Waals surface area (Å²) in [4.78, 5) is 11.0. The fourth-order valence-corrected chi connectivity index (χ4v) is 3.68. The van der Waals surface area contributed by atoms with Gasteiger partial charge >= 0.3 is 29.9 Å². The normalized spacial score (nSPS) is 13.5. The van der Waals surface area contributed by atoms with Crippen LogP contribution in [0.15, 0.2) is 18.2 Å². The van der Waals surface area contributed by atoms with Crippen molar-refractivity contribution in [2.45, 2.75) is 94.7 Å². The molecular formula is C22H26F9N3O2. The monoisotopic (exact) mass is 535 g/mol. The first-order valence-electron chi connectivity index (χ1n) is 11.4. The zero-order valence-corrected chi connectivity index (χ0v) is 19.1. The number of rotatable bonds is 15. The summed E-state index contributed by atoms with van der Waals surface area (Å²) in [6.45, 7) is 0.579. The summed E-state index contributed by atoms with van der Waals surface area (Å²) in [6, 6.07) is 4.54. The summed E-state index contributed by atoms with van der Waals surface area (Å²) in [5.41, 5.74) is 1.31. The summed E-state index contributed by atoms with van der Waals surface area (Å²) < 4.78 is 117. The molecule has 0 aliphatic rings. The number of carbonyl (C=O) groups is 1. The number of aromatic nitrogens is 3. The largest absolute Gasteiger partial charge is 0.478 e. The van der Waals surface area contributed by atoms with E-state index in [9.17, 15) is 44.3 Å². The van der Waals surface area contributed by atoms with Gasteiger partial charge in [0, 0.05) is 13.0 Å². The number of hydrogen-bond acceptors (Lipinski definition) is 3. The van der Waals surface area contributed by atoms with Gasteiger partial charge in [0.25, 0.3) is 0 Å². The Balaban J connectivity index is 1.59. The molecule has 1 heterocycles. The number of carboxylic acid groups (broad SMARTS) is 1. The highest BCUT2D eigenvalue weighted by Crippen LogP contribution is 2.54. The Bertz CT molecular complexity index is 1010. The number of aromatic carboxylic acids is 1. The number of aryl methyl sites for hydroxylation is 1. The molecule has 5 nitrogen and oxygen atoms in total. The van der Waals surface area contributed by atoms with E-state index >= 15 is 0 Å². The lowest BCUT2D eigenvalue weighted by molar-refractivity contribution is -0.396. The minimum Gasteiger partial charge on any atom is -0.478 e. The minimum atomic E-state index is -6.82. The van der Waals surface area contributed by atoms with Crippen molar-refractivity contribution in [1.29, 1.82) is 0 Å². The first kappa shape index (κ1) is 29.7. The lowest BCUT2D eigenvalue weighted by Gasteiger charge is -2.33. The summed E-state index contributed by atoms with van der Waals surface area (Å²) in [7, 11) is 0. The van der Waals surface area contributed by atoms with Gasteiger partial charge in [0.05, 0.1) is 11.1 Å². The standard InChI is InChI=1S/C22H26F9N3O2/c23-19(24,20(25,26)21(27,28)22(29,30)31)12-8-6-4-2-1-3-5-7-9-13-34-17-11-10-15(18(35)36)14-16(17)32-33-34/h10-11,14H,1-9,12-13H2,(H,35,36). The quantitative estimate of drug-likeness (QED) is 0.189. The van der Waals surface area contributed by atoms with Gasteiger partial charge in [-0.25, -0.2) is 9.48 Å². The molecule has 0 saturated carbocycles. The maximum absolute atomic E-state index is 13.4. The van der Waals surface area contributed by atoms with Crippen molar-refractivity contribution in [1.82, 2.24) is 15.0 Å². The van der Waals surface area contributed by atoms with Gasteiger partial charge in [0.2, 0.25) is 0 Å². The number of nitrogens with zero attached hydrogens (tertiary/aromatic N) is 3. The smallest absolute Gasteiger partial charge is 0.460 e. The van der Waals surface area contributed by atoms with Crippen molar-refractivity contribution >= 4 is 17.0 Å². The van der Waals surface area contributed by atoms with Crippen LogP contribution in [0.25, 0.3) is 11.0 Å². The average Bonchev–Trinajstić information content (AvgIpc) is 3.18. The van der Waals surface area contributed by atoms with Crippen molar-refractivity contribution in [2.75, 3.05) is 0 Å². The molecule has 1 N–H and O–H groups in total. The van der Waals surface area contributed by atoms with Crippen molar-refractivity contribution in [3.63, 3.8) is 0 Å². The fourth-order valence-electron chi connectivity index (χ4n) is 3.68. The highest BCUT2D eigenvalue weighted by Gasteiger charge is 2.81. The average molecular weight is 535 g/mol. The van der Waals surface area contributed by atoms with Crippen molar-refractivity contribution in [3.05, 3.63) is 23.8 Å². The molecular weight excluding hydrogens is 509 g/mol. The van der Waals surface area contributed by atoms with Gasteiger partial charge in [0.1, 0.15) is 5.52 Å². The summed E-state index contributed by atoms with van der Waals surface area (Å²) in [5.74, 6) is -19.9. The van der Waals surface area contributed by atoms with Crippen LogP contribution in [0.3, 0.4) is 0 Å². The van der Waals surface area contributed by atoms with Gasteiger partial charge in [-0.15, -0.1) is 5.10 Å². The number of hydrogen-bond donors (Lipinski definition) is 1. The van der Waals surface area contributed by atoms with Gasteiger partial charge in [-0.05, 0) is 31.0 Å². The Hall–Kier alpha value is -2.54. The second kappa shape index (κ2) is 11.7. The number of alkyl halides is 9. The van der Waals surface area contributed by atoms with Gasteiger partial charge in [-0.1, -0.05) is 50.2 Å². The second-order valence-electron chi connectivity index (χ2n) is 8.60. The van der Waals surface area contributed by atoms with Gasteiger partial charge in [0.15, 0.2) is 0 Å². The van der Waals surface area contributed by atoms with Crippen molar-refractivity contribution in [2.24, 2.45) is 0 Å². The maximum Gasteiger partial charge on any atom is 0.460 e. The molecule has 0 spiro atoms. The summed E-state index contributed by atoms with van der Waals surface area (Å²) in [6.07, 6.45) is -4.17. The van der Waals surface area contributed by atoms with Crippen LogP contribution in [0.2, 0.25) is 0 Å². The SMILES string of the molecule is O=C(O)c1ccc2c(c1)nnn2CCCCCCCCCCCC(F)(F)C(F)(F)C(F)(F)C(F)(F)F. The Kier molecular flexibility index (Phi) is 9.63. The van der Waals surface area contributed by atoms with E-state index in [4.69, 9.17) is 5.11 Å². The molecule has 0 saturated heterocycles. The van der Waals surface area contributed by atoms with E-state index in [2.05, 4.69) is 10.3 Å². The molecule has 0 radical (unpaired) electrons. The minimum absolute atomic E-state index is 0.00618. The molecule has 14 heteroatoms. The molecule has 0 fully saturated rings. The molecule has 2 aromatic rings. The first-order chi connectivity index (χ1) is 16.6. The molecule has 1 aromatic heterocycles. The summed E-state index contributed by atoms with van der Waals surface area (Å²) >= 11 is 0. The lowest BCUT2D eigenvalue weighted by atomic mass is 9.97. The van der Waals surface area contributed by atoms with Crippen LogP contribution in [0, 0.1) is 0 Å². The van der Waals surface area contributed by atoms with E-state index in [-0.39, 0.29) is 12.0 Å². The zero-order valence-electron chi connectivity index (χ0n) is 19.1. The third kappa shape index (κ3) is 6.81. The Morgan fingerprint density at radius 1 is 0.778 bits per heavy atom. The van der Waals surface area contributed by atoms with E-state index < -0.39 is 42.8 Å². The van der Waals surface area contributed by atoms with Crippen LogP contribution in [-0.4, -0.2) is 50.0 Å². The van der Waals surface area contributed by atoms with Crippen LogP contribution < -0.4 is 0 Å². The molecule has 36 heavy (non-hydrogen) atoms. The third-order valence-electron chi connectivity index (χ3n) is 5.83. The highest BCUT2D eigenvalue weighted by molar-refractivity contribution is 5.92. The molecule has 204 valence electrons. The molecule has 0 aliphatic heterocycles. The molecule has 0 bridgehead atoms. The topological polar surface area (TPSA) is 68.0 Å². The van der Waals surface area contributed by atoms with Crippen molar-refractivity contribution < 1.29 is 49.4 Å². The molecule has 1 aromatic carbocycles. The predicted molar refractivity (Wildman–Crippen MR) is 112 cm³/mol. The highest BCUT2D eigenvalue weighted by atomic mass is 19.4. The predicted octanol–water partition coefficient (Wildman–Crippen LogP) is 7.50. The molecule has 0 atom stereocenters. The van der Waals surface area contributed by atoms with Crippen LogP contribution in [-0.2, 0) is 6.54 Å². The molecule has 2 rings (SSSR count). The van der Waals surface area contributed by atoms with E-state index in [1.165, 1.54) is 12.1 Å². The maximum atomic E-state index is 13.4. The zero-order chi connectivity index (χ0) is 27.2. The molecule has 0 unspecified atom stereocenters. The van der Waals surface area contributed by atoms with Gasteiger partial charge < -0.3 is 5.11 Å². The third-order valence-corrected chi connectivity index (χ3v) is 5.83.